The number of amides is 2. The molecule has 0 unspecified atom stereocenters. The molecule has 0 aromatic heterocycles. The molecular weight excluding hydrogens is 396 g/mol. The summed E-state index contributed by atoms with van der Waals surface area (Å²) in [6, 6.07) is 16.1. The highest BCUT2D eigenvalue weighted by Gasteiger charge is 2.26. The summed E-state index contributed by atoms with van der Waals surface area (Å²) in [5.74, 6) is -0.0822. The molecule has 0 saturated heterocycles. The van der Waals surface area contributed by atoms with Gasteiger partial charge in [-0.1, -0.05) is 82.6 Å². The van der Waals surface area contributed by atoms with Crippen LogP contribution in [0, 0.1) is 6.92 Å². The van der Waals surface area contributed by atoms with Gasteiger partial charge in [0.1, 0.15) is 6.04 Å². The largest absolute Gasteiger partial charge is 0.354 e. The summed E-state index contributed by atoms with van der Waals surface area (Å²) in [6.45, 7) is 13.6. The molecule has 1 atom stereocenters. The van der Waals surface area contributed by atoms with E-state index < -0.39 is 6.04 Å². The molecule has 2 aromatic rings. The first-order valence-corrected chi connectivity index (χ1v) is 11.8. The van der Waals surface area contributed by atoms with Crippen molar-refractivity contribution in [1.29, 1.82) is 0 Å². The molecule has 0 radical (unpaired) electrons. The highest BCUT2D eigenvalue weighted by molar-refractivity contribution is 5.87. The van der Waals surface area contributed by atoms with Crippen molar-refractivity contribution >= 4 is 11.8 Å². The van der Waals surface area contributed by atoms with Gasteiger partial charge >= 0.3 is 0 Å². The molecule has 0 bridgehead atoms. The smallest absolute Gasteiger partial charge is 0.242 e. The molecule has 0 aliphatic carbocycles. The van der Waals surface area contributed by atoms with Gasteiger partial charge in [0.25, 0.3) is 0 Å². The molecule has 0 fully saturated rings. The summed E-state index contributed by atoms with van der Waals surface area (Å²) in [5.41, 5.74) is 4.73. The topological polar surface area (TPSA) is 49.4 Å². The normalized spacial score (nSPS) is 12.3. The Labute approximate surface area is 194 Å². The molecule has 0 spiro atoms. The zero-order valence-corrected chi connectivity index (χ0v) is 20.7. The van der Waals surface area contributed by atoms with Crippen molar-refractivity contribution < 1.29 is 9.59 Å². The average molecular weight is 437 g/mol. The maximum absolute atomic E-state index is 13.3. The van der Waals surface area contributed by atoms with Gasteiger partial charge in [-0.3, -0.25) is 9.59 Å². The van der Waals surface area contributed by atoms with Crippen molar-refractivity contribution in [3.8, 4) is 0 Å². The van der Waals surface area contributed by atoms with Gasteiger partial charge < -0.3 is 10.2 Å². The highest BCUT2D eigenvalue weighted by Crippen LogP contribution is 2.23. The zero-order chi connectivity index (χ0) is 23.7. The number of aryl methyl sites for hydroxylation is 2. The van der Waals surface area contributed by atoms with E-state index in [4.69, 9.17) is 0 Å². The average Bonchev–Trinajstić information content (AvgIpc) is 2.76. The lowest BCUT2D eigenvalue weighted by Gasteiger charge is -2.29. The van der Waals surface area contributed by atoms with E-state index in [1.54, 1.807) is 4.90 Å². The third-order valence-corrected chi connectivity index (χ3v) is 6.05. The number of carbonyl (C=O) groups excluding carboxylic acids is 2. The number of hydrogen-bond donors (Lipinski definition) is 1. The van der Waals surface area contributed by atoms with E-state index in [9.17, 15) is 9.59 Å². The van der Waals surface area contributed by atoms with Crippen LogP contribution < -0.4 is 5.32 Å². The molecule has 1 N–H and O–H groups in total. The number of unbranched alkanes of at least 4 members (excludes halogenated alkanes) is 1. The second-order valence-electron chi connectivity index (χ2n) is 9.72. The molecule has 0 aliphatic rings. The Morgan fingerprint density at radius 2 is 1.69 bits per heavy atom. The van der Waals surface area contributed by atoms with Crippen LogP contribution in [-0.2, 0) is 28.0 Å². The van der Waals surface area contributed by atoms with Gasteiger partial charge in [0.2, 0.25) is 11.8 Å². The third-order valence-electron chi connectivity index (χ3n) is 6.05. The molecule has 0 saturated carbocycles. The summed E-state index contributed by atoms with van der Waals surface area (Å²) >= 11 is 0. The van der Waals surface area contributed by atoms with Gasteiger partial charge in [0, 0.05) is 19.5 Å². The van der Waals surface area contributed by atoms with Crippen molar-refractivity contribution in [2.24, 2.45) is 0 Å². The van der Waals surface area contributed by atoms with Crippen molar-refractivity contribution in [2.45, 2.75) is 85.2 Å². The van der Waals surface area contributed by atoms with Crippen LogP contribution in [-0.4, -0.2) is 29.3 Å². The summed E-state index contributed by atoms with van der Waals surface area (Å²) in [5, 5.41) is 2.98. The van der Waals surface area contributed by atoms with Crippen LogP contribution in [0.25, 0.3) is 0 Å². The van der Waals surface area contributed by atoms with E-state index in [2.05, 4.69) is 57.3 Å². The molecule has 0 heterocycles. The summed E-state index contributed by atoms with van der Waals surface area (Å²) in [4.78, 5) is 27.7. The van der Waals surface area contributed by atoms with Crippen LogP contribution >= 0.6 is 0 Å². The van der Waals surface area contributed by atoms with Gasteiger partial charge in [-0.25, -0.2) is 0 Å². The third kappa shape index (κ3) is 7.51. The number of hydrogen-bond acceptors (Lipinski definition) is 2. The van der Waals surface area contributed by atoms with E-state index >= 15 is 0 Å². The van der Waals surface area contributed by atoms with Gasteiger partial charge in [-0.2, -0.15) is 0 Å². The minimum atomic E-state index is -0.512. The highest BCUT2D eigenvalue weighted by atomic mass is 16.2. The fourth-order valence-corrected chi connectivity index (χ4v) is 3.66. The van der Waals surface area contributed by atoms with E-state index in [-0.39, 0.29) is 17.2 Å². The van der Waals surface area contributed by atoms with E-state index in [1.165, 1.54) is 5.56 Å². The van der Waals surface area contributed by atoms with Crippen molar-refractivity contribution in [3.63, 3.8) is 0 Å². The minimum Gasteiger partial charge on any atom is -0.354 e. The van der Waals surface area contributed by atoms with Crippen molar-refractivity contribution in [1.82, 2.24) is 10.2 Å². The van der Waals surface area contributed by atoms with Crippen LogP contribution in [0.4, 0.5) is 0 Å². The predicted molar refractivity (Wildman–Crippen MR) is 133 cm³/mol. The first kappa shape index (κ1) is 25.6. The van der Waals surface area contributed by atoms with E-state index in [0.717, 1.165) is 29.5 Å². The lowest BCUT2D eigenvalue weighted by molar-refractivity contribution is -0.140. The molecule has 2 aromatic carbocycles. The molecule has 4 nitrogen and oxygen atoms in total. The Morgan fingerprint density at radius 1 is 1.03 bits per heavy atom. The van der Waals surface area contributed by atoms with Gasteiger partial charge in [0.15, 0.2) is 0 Å². The number of benzene rings is 2. The fourth-order valence-electron chi connectivity index (χ4n) is 3.66. The van der Waals surface area contributed by atoms with Crippen LogP contribution in [0.15, 0.2) is 48.5 Å². The van der Waals surface area contributed by atoms with Crippen molar-refractivity contribution in [3.05, 3.63) is 70.8 Å². The maximum atomic E-state index is 13.3. The number of carbonyl (C=O) groups is 2. The standard InChI is InChI=1S/C28H40N2O2/c1-7-8-19-29-27(32)22(3)30(20-24-12-10-9-11-21(24)2)26(31)18-15-23-13-16-25(17-14-23)28(4,5)6/h9-14,16-17,22H,7-8,15,18-20H2,1-6H3,(H,29,32)/t22-/m1/s1. The quantitative estimate of drug-likeness (QED) is 0.496. The summed E-state index contributed by atoms with van der Waals surface area (Å²) < 4.78 is 0. The SMILES string of the molecule is CCCCNC(=O)[C@@H](C)N(Cc1ccccc1C)C(=O)CCc1ccc(C(C)(C)C)cc1. The van der Waals surface area contributed by atoms with Gasteiger partial charge in [-0.15, -0.1) is 0 Å². The molecule has 2 rings (SSSR count). The molecule has 2 amide bonds. The maximum Gasteiger partial charge on any atom is 0.242 e. The lowest BCUT2D eigenvalue weighted by Crippen LogP contribution is -2.48. The van der Waals surface area contributed by atoms with Gasteiger partial charge in [0.05, 0.1) is 0 Å². The Bertz CT molecular complexity index is 881. The van der Waals surface area contributed by atoms with Crippen LogP contribution in [0.5, 0.6) is 0 Å². The second-order valence-corrected chi connectivity index (χ2v) is 9.72. The Balaban J connectivity index is 2.12. The van der Waals surface area contributed by atoms with Gasteiger partial charge in [-0.05, 0) is 54.4 Å². The molecule has 0 aliphatic heterocycles. The fraction of sp³-hybridized carbons (Fsp3) is 0.500. The summed E-state index contributed by atoms with van der Waals surface area (Å²) in [7, 11) is 0. The number of rotatable bonds is 10. The minimum absolute atomic E-state index is 0.00583. The number of nitrogens with zero attached hydrogens (tertiary/aromatic N) is 1. The van der Waals surface area contributed by atoms with E-state index in [0.29, 0.717) is 25.9 Å². The van der Waals surface area contributed by atoms with Crippen LogP contribution in [0.3, 0.4) is 0 Å². The Morgan fingerprint density at radius 3 is 2.28 bits per heavy atom. The monoisotopic (exact) mass is 436 g/mol. The predicted octanol–water partition coefficient (Wildman–Crippen LogP) is 5.56. The molecule has 4 heteroatoms. The van der Waals surface area contributed by atoms with Crippen molar-refractivity contribution in [2.75, 3.05) is 6.54 Å². The second kappa shape index (κ2) is 11.8. The summed E-state index contributed by atoms with van der Waals surface area (Å²) in [6.07, 6.45) is 3.01. The first-order valence-electron chi connectivity index (χ1n) is 11.8. The Kier molecular flexibility index (Phi) is 9.49. The lowest BCUT2D eigenvalue weighted by atomic mass is 9.86. The first-order chi connectivity index (χ1) is 15.1. The van der Waals surface area contributed by atoms with Crippen LogP contribution in [0.1, 0.15) is 76.1 Å². The Hall–Kier alpha value is -2.62. The molecule has 174 valence electrons. The van der Waals surface area contributed by atoms with E-state index in [1.807, 2.05) is 38.1 Å². The van der Waals surface area contributed by atoms with Crippen LogP contribution in [0.2, 0.25) is 0 Å². The molecule has 32 heavy (non-hydrogen) atoms. The zero-order valence-electron chi connectivity index (χ0n) is 20.7. The molecular formula is C28H40N2O2. The number of nitrogens with one attached hydrogen (secondary N) is 1.